The van der Waals surface area contributed by atoms with E-state index in [1.54, 1.807) is 29.9 Å². The molecule has 8 heteroatoms. The Balaban J connectivity index is 2.03. The number of benzene rings is 1. The number of hydrogen-bond acceptors (Lipinski definition) is 5. The first-order valence-corrected chi connectivity index (χ1v) is 9.77. The van der Waals surface area contributed by atoms with Gasteiger partial charge in [0, 0.05) is 18.1 Å². The van der Waals surface area contributed by atoms with E-state index in [0.717, 1.165) is 38.8 Å². The minimum atomic E-state index is -0.0461. The monoisotopic (exact) mass is 397 g/mol. The van der Waals surface area contributed by atoms with Gasteiger partial charge in [-0.25, -0.2) is 0 Å². The number of rotatable bonds is 3. The first-order valence-electron chi connectivity index (χ1n) is 8.17. The first kappa shape index (κ1) is 18.2. The van der Waals surface area contributed by atoms with Crippen LogP contribution in [0.1, 0.15) is 35.4 Å². The quantitative estimate of drug-likeness (QED) is 0.773. The van der Waals surface area contributed by atoms with Gasteiger partial charge in [0.1, 0.15) is 16.4 Å². The van der Waals surface area contributed by atoms with Gasteiger partial charge in [0.25, 0.3) is 5.91 Å². The number of amides is 1. The van der Waals surface area contributed by atoms with E-state index in [9.17, 15) is 4.79 Å². The highest BCUT2D eigenvalue weighted by molar-refractivity contribution is 7.73. The molecule has 3 rings (SSSR count). The molecule has 0 aliphatic carbocycles. The van der Waals surface area contributed by atoms with Gasteiger partial charge in [-0.2, -0.15) is 0 Å². The van der Waals surface area contributed by atoms with Crippen molar-refractivity contribution in [3.05, 3.63) is 32.1 Å². The molecular weight excluding hydrogens is 378 g/mol. The van der Waals surface area contributed by atoms with Gasteiger partial charge < -0.3 is 15.4 Å². The lowest BCUT2D eigenvalue weighted by atomic mass is 10.2. The smallest absolute Gasteiger partial charge is 0.267 e. The van der Waals surface area contributed by atoms with Crippen LogP contribution in [0.25, 0.3) is 5.69 Å². The number of carbonyl (C=O) groups excluding carboxylic acids is 1. The van der Waals surface area contributed by atoms with Gasteiger partial charge in [0.05, 0.1) is 12.8 Å². The third kappa shape index (κ3) is 3.68. The van der Waals surface area contributed by atoms with Gasteiger partial charge in [0.15, 0.2) is 3.95 Å². The molecule has 1 fully saturated rings. The predicted octanol–water partition coefficient (Wildman–Crippen LogP) is 4.53. The zero-order valence-corrected chi connectivity index (χ0v) is 16.3. The number of halogens is 1. The number of carbonyl (C=O) groups is 1. The summed E-state index contributed by atoms with van der Waals surface area (Å²) in [5.74, 6) is 0.888. The molecule has 0 radical (unpaired) electrons. The first-order chi connectivity index (χ1) is 12.0. The molecule has 1 saturated heterocycles. The van der Waals surface area contributed by atoms with Crippen LogP contribution < -0.4 is 10.5 Å². The number of nitrogens with zero attached hydrogens (tertiary/aromatic N) is 2. The normalized spacial score (nSPS) is 15.0. The maximum Gasteiger partial charge on any atom is 0.267 e. The summed E-state index contributed by atoms with van der Waals surface area (Å²) in [6, 6.07) is 5.23. The Morgan fingerprint density at radius 1 is 1.28 bits per heavy atom. The maximum atomic E-state index is 12.9. The van der Waals surface area contributed by atoms with Crippen LogP contribution in [-0.2, 0) is 0 Å². The molecule has 5 nitrogen and oxygen atoms in total. The summed E-state index contributed by atoms with van der Waals surface area (Å²) in [5, 5.41) is 0.545. The summed E-state index contributed by atoms with van der Waals surface area (Å²) in [5.41, 5.74) is 6.96. The van der Waals surface area contributed by atoms with Crippen LogP contribution in [0.4, 0.5) is 5.82 Å². The molecule has 0 unspecified atom stereocenters. The predicted molar refractivity (Wildman–Crippen MR) is 105 cm³/mol. The van der Waals surface area contributed by atoms with E-state index in [2.05, 4.69) is 0 Å². The van der Waals surface area contributed by atoms with Crippen molar-refractivity contribution in [3.8, 4) is 11.4 Å². The van der Waals surface area contributed by atoms with E-state index < -0.39 is 0 Å². The summed E-state index contributed by atoms with van der Waals surface area (Å²) < 4.78 is 7.55. The maximum absolute atomic E-state index is 12.9. The second-order valence-corrected chi connectivity index (χ2v) is 8.02. The zero-order chi connectivity index (χ0) is 18.0. The lowest BCUT2D eigenvalue weighted by molar-refractivity contribution is 0.0767. The topological polar surface area (TPSA) is 60.5 Å². The molecule has 0 saturated carbocycles. The molecule has 0 spiro atoms. The third-order valence-electron chi connectivity index (χ3n) is 4.31. The Kier molecular flexibility index (Phi) is 5.66. The van der Waals surface area contributed by atoms with Crippen molar-refractivity contribution >= 4 is 46.9 Å². The molecule has 0 bridgehead atoms. The Morgan fingerprint density at radius 3 is 2.60 bits per heavy atom. The van der Waals surface area contributed by atoms with Crippen LogP contribution >= 0.6 is 35.2 Å². The number of nitrogens with two attached hydrogens (primary N) is 1. The molecule has 1 amide bonds. The highest BCUT2D eigenvalue weighted by atomic mass is 35.5. The van der Waals surface area contributed by atoms with E-state index >= 15 is 0 Å². The second kappa shape index (κ2) is 7.76. The molecule has 1 aromatic carbocycles. The minimum Gasteiger partial charge on any atom is -0.495 e. The van der Waals surface area contributed by atoms with E-state index in [0.29, 0.717) is 31.1 Å². The second-order valence-electron chi connectivity index (χ2n) is 5.94. The molecular formula is C17H20ClN3O2S2. The number of nitrogen functional groups attached to an aromatic ring is 1. The average molecular weight is 398 g/mol. The highest BCUT2D eigenvalue weighted by Gasteiger charge is 2.24. The Bertz CT molecular complexity index is 839. The summed E-state index contributed by atoms with van der Waals surface area (Å²) in [6.45, 7) is 1.53. The van der Waals surface area contributed by atoms with Crippen molar-refractivity contribution in [2.45, 2.75) is 25.7 Å². The Labute approximate surface area is 161 Å². The molecule has 1 aromatic heterocycles. The fourth-order valence-corrected chi connectivity index (χ4v) is 4.51. The molecule has 0 atom stereocenters. The van der Waals surface area contributed by atoms with E-state index in [-0.39, 0.29) is 5.91 Å². The van der Waals surface area contributed by atoms with Crippen LogP contribution in [-0.4, -0.2) is 35.6 Å². The summed E-state index contributed by atoms with van der Waals surface area (Å²) in [4.78, 5) is 15.3. The Hall–Kier alpha value is -1.57. The molecule has 25 heavy (non-hydrogen) atoms. The standard InChI is InChI=1S/C17H20ClN3O2S2/c1-23-13-7-6-11(18)10-12(13)21-15(19)14(25-17(21)24)16(22)20-8-4-2-3-5-9-20/h6-7,10H,2-5,8-9,19H2,1H3. The van der Waals surface area contributed by atoms with Crippen molar-refractivity contribution < 1.29 is 9.53 Å². The lowest BCUT2D eigenvalue weighted by Gasteiger charge is -2.19. The largest absolute Gasteiger partial charge is 0.495 e. The van der Waals surface area contributed by atoms with Crippen molar-refractivity contribution in [2.24, 2.45) is 0 Å². The molecule has 1 aliphatic rings. The van der Waals surface area contributed by atoms with Gasteiger partial charge in [-0.05, 0) is 43.3 Å². The van der Waals surface area contributed by atoms with Crippen molar-refractivity contribution in [2.75, 3.05) is 25.9 Å². The number of likely N-dealkylation sites (tertiary alicyclic amines) is 1. The van der Waals surface area contributed by atoms with E-state index in [1.807, 2.05) is 4.90 Å². The minimum absolute atomic E-state index is 0.0461. The zero-order valence-electron chi connectivity index (χ0n) is 14.0. The fraction of sp³-hybridized carbons (Fsp3) is 0.412. The van der Waals surface area contributed by atoms with Crippen LogP contribution in [0.15, 0.2) is 18.2 Å². The van der Waals surface area contributed by atoms with Crippen LogP contribution in [0.2, 0.25) is 5.02 Å². The average Bonchev–Trinajstić information content (AvgIpc) is 2.79. The number of aromatic nitrogens is 1. The SMILES string of the molecule is COc1ccc(Cl)cc1-n1c(N)c(C(=O)N2CCCCCC2)sc1=S. The van der Waals surface area contributed by atoms with Gasteiger partial charge in [-0.1, -0.05) is 35.8 Å². The lowest BCUT2D eigenvalue weighted by Crippen LogP contribution is -2.31. The summed E-state index contributed by atoms with van der Waals surface area (Å²) in [7, 11) is 1.57. The molecule has 134 valence electrons. The van der Waals surface area contributed by atoms with E-state index in [4.69, 9.17) is 34.3 Å². The van der Waals surface area contributed by atoms with Gasteiger partial charge in [0.2, 0.25) is 0 Å². The number of hydrogen-bond donors (Lipinski definition) is 1. The van der Waals surface area contributed by atoms with Gasteiger partial charge in [-0.3, -0.25) is 9.36 Å². The summed E-state index contributed by atoms with van der Waals surface area (Å²) >= 11 is 12.8. The van der Waals surface area contributed by atoms with Crippen LogP contribution in [0.5, 0.6) is 5.75 Å². The fourth-order valence-electron chi connectivity index (χ4n) is 3.02. The summed E-state index contributed by atoms with van der Waals surface area (Å²) in [6.07, 6.45) is 4.38. The van der Waals surface area contributed by atoms with Crippen LogP contribution in [0.3, 0.4) is 0 Å². The number of ether oxygens (including phenoxy) is 1. The number of anilines is 1. The number of methoxy groups -OCH3 is 1. The molecule has 2 heterocycles. The third-order valence-corrected chi connectivity index (χ3v) is 5.93. The number of thiazole rings is 1. The van der Waals surface area contributed by atoms with Gasteiger partial charge in [-0.15, -0.1) is 0 Å². The van der Waals surface area contributed by atoms with Gasteiger partial charge >= 0.3 is 0 Å². The molecule has 2 aromatic rings. The Morgan fingerprint density at radius 2 is 1.96 bits per heavy atom. The van der Waals surface area contributed by atoms with Crippen LogP contribution in [0, 0.1) is 3.95 Å². The molecule has 1 aliphatic heterocycles. The highest BCUT2D eigenvalue weighted by Crippen LogP contribution is 2.33. The van der Waals surface area contributed by atoms with Crippen molar-refractivity contribution in [1.29, 1.82) is 0 Å². The van der Waals surface area contributed by atoms with E-state index in [1.165, 1.54) is 11.3 Å². The molecule has 2 N–H and O–H groups in total. The van der Waals surface area contributed by atoms with Crippen molar-refractivity contribution in [1.82, 2.24) is 9.47 Å². The van der Waals surface area contributed by atoms with Crippen molar-refractivity contribution in [3.63, 3.8) is 0 Å².